The Kier molecular flexibility index (Phi) is 21.8. The number of imide groups is 1. The number of nitrogens with one attached hydrogen (secondary N) is 5. The van der Waals surface area contributed by atoms with Crippen LogP contribution in [0, 0.1) is 5.92 Å². The van der Waals surface area contributed by atoms with Gasteiger partial charge in [0.2, 0.25) is 17.7 Å². The van der Waals surface area contributed by atoms with Crippen LogP contribution < -0.4 is 51.3 Å². The lowest BCUT2D eigenvalue weighted by Crippen LogP contribution is -2.54. The molecule has 0 bridgehead atoms. The van der Waals surface area contributed by atoms with Crippen molar-refractivity contribution in [2.45, 2.75) is 109 Å². The van der Waals surface area contributed by atoms with E-state index in [9.17, 15) is 43.2 Å². The Bertz CT molecular complexity index is 3730. The van der Waals surface area contributed by atoms with Gasteiger partial charge in [-0.05, 0) is 96.5 Å². The first-order chi connectivity index (χ1) is 45.4. The standard InChI is InChI=1S/C69H79N11O14/c1-42(2)63(76-60(81)18-6-5-11-26-78-61(82)23-24-62(78)83)65(85)75-53(17-12-25-71-68(70)88)64(84)74-48-21-19-43(20-22-48)41-94-69(89)77(27-29-92-58-35-54-51(33-56(58)90-3)66(86)79-39-46-15-9-7-13-44(46)31-49(79)37-72-54)28-30-93-59-36-55-52(34-57(59)91-4)67(87)80-40-47-16-10-8-14-45(47)32-50(80)38-73-55/h7-10,13-16,19-24,33-37,42,49-50,53,63,73H,5-6,11-12,17-18,25-32,38-41H2,1-4H3,(H,74,84)(H,75,85)(H,76,81)(H3,70,71,88)/t49-,50?,53?,63-/m0/s1. The zero-order valence-corrected chi connectivity index (χ0v) is 53.1. The van der Waals surface area contributed by atoms with Gasteiger partial charge in [0.25, 0.3) is 23.6 Å². The summed E-state index contributed by atoms with van der Waals surface area (Å²) in [5, 5.41) is 14.4. The van der Waals surface area contributed by atoms with Crippen molar-refractivity contribution < 1.29 is 66.8 Å². The lowest BCUT2D eigenvalue weighted by Gasteiger charge is -2.35. The van der Waals surface area contributed by atoms with Crippen LogP contribution in [0.2, 0.25) is 0 Å². The SMILES string of the molecule is COc1cc2c(cc1OCCN(CCOc1cc3c(cc1OC)C(=O)N1Cc4ccccc4CC1CN3)C(=O)OCc1ccc(NC(=O)C(CCCNC(N)=O)NC(=O)[C@@H](NC(=O)CCCCCN3C(=O)C=CC3=O)C(C)C)cc1)N=C[C@@H]1Cc3ccccc3CN1C2=O. The minimum Gasteiger partial charge on any atom is -0.493 e. The molecule has 4 atom stereocenters. The average Bonchev–Trinajstić information content (AvgIpc) is 1.54. The van der Waals surface area contributed by atoms with E-state index in [1.165, 1.54) is 36.8 Å². The first-order valence-corrected chi connectivity index (χ1v) is 31.7. The van der Waals surface area contributed by atoms with E-state index in [1.54, 1.807) is 68.6 Å². The van der Waals surface area contributed by atoms with Gasteiger partial charge in [0.05, 0.1) is 61.9 Å². The topological polar surface area (TPSA) is 311 Å². The van der Waals surface area contributed by atoms with E-state index in [4.69, 9.17) is 34.4 Å². The van der Waals surface area contributed by atoms with E-state index < -0.39 is 36.0 Å². The van der Waals surface area contributed by atoms with Crippen molar-refractivity contribution in [3.8, 4) is 23.0 Å². The number of fused-ring (bicyclic) bond motifs is 6. The Morgan fingerprint density at radius 1 is 0.702 bits per heavy atom. The second kappa shape index (κ2) is 30.8. The van der Waals surface area contributed by atoms with Crippen LogP contribution >= 0.6 is 0 Å². The molecule has 0 saturated heterocycles. The number of nitrogens with two attached hydrogens (primary N) is 1. The summed E-state index contributed by atoms with van der Waals surface area (Å²) >= 11 is 0. The van der Waals surface area contributed by atoms with Crippen LogP contribution in [0.4, 0.5) is 26.7 Å². The van der Waals surface area contributed by atoms with Crippen LogP contribution in [0.5, 0.6) is 23.0 Å². The number of hydrogen-bond donors (Lipinski definition) is 6. The summed E-state index contributed by atoms with van der Waals surface area (Å²) in [6.45, 7) is 5.03. The highest BCUT2D eigenvalue weighted by Crippen LogP contribution is 2.40. The number of carbonyl (C=O) groups is 9. The van der Waals surface area contributed by atoms with Gasteiger partial charge in [0.1, 0.15) is 31.9 Å². The lowest BCUT2D eigenvalue weighted by atomic mass is 9.94. The molecule has 5 aromatic rings. The molecule has 494 valence electrons. The second-order valence-electron chi connectivity index (χ2n) is 23.9. The van der Waals surface area contributed by atoms with Gasteiger partial charge in [-0.25, -0.2) is 9.59 Å². The summed E-state index contributed by atoms with van der Waals surface area (Å²) in [4.78, 5) is 130. The maximum absolute atomic E-state index is 14.3. The Hall–Kier alpha value is -10.5. The first-order valence-electron chi connectivity index (χ1n) is 31.7. The summed E-state index contributed by atoms with van der Waals surface area (Å²) in [6, 6.07) is 26.2. The number of carbonyl (C=O) groups excluding carboxylic acids is 9. The predicted octanol–water partition coefficient (Wildman–Crippen LogP) is 6.57. The smallest absolute Gasteiger partial charge is 0.410 e. The number of methoxy groups -OCH3 is 2. The molecule has 2 unspecified atom stereocenters. The van der Waals surface area contributed by atoms with E-state index in [1.807, 2.05) is 46.2 Å². The molecule has 7 N–H and O–H groups in total. The number of rotatable bonds is 28. The Labute approximate surface area is 544 Å². The minimum atomic E-state index is -1.11. The van der Waals surface area contributed by atoms with E-state index in [0.29, 0.717) is 108 Å². The fourth-order valence-corrected chi connectivity index (χ4v) is 12.1. The van der Waals surface area contributed by atoms with Crippen molar-refractivity contribution in [2.75, 3.05) is 70.8 Å². The van der Waals surface area contributed by atoms with Crippen LogP contribution in [0.1, 0.15) is 101 Å². The highest BCUT2D eigenvalue weighted by Gasteiger charge is 2.37. The number of urea groups is 1. The summed E-state index contributed by atoms with van der Waals surface area (Å²) in [6.07, 6.45) is 6.81. The monoisotopic (exact) mass is 1290 g/mol. The molecular weight excluding hydrogens is 1210 g/mol. The van der Waals surface area contributed by atoms with E-state index in [-0.39, 0.29) is 113 Å². The fourth-order valence-electron chi connectivity index (χ4n) is 12.1. The first kappa shape index (κ1) is 66.5. The number of amides is 10. The van der Waals surface area contributed by atoms with Gasteiger partial charge in [0.15, 0.2) is 23.0 Å². The molecule has 5 aliphatic rings. The highest BCUT2D eigenvalue weighted by atomic mass is 16.6. The van der Waals surface area contributed by atoms with Crippen LogP contribution in [0.3, 0.4) is 0 Å². The molecule has 5 aromatic carbocycles. The number of hydrogen-bond acceptors (Lipinski definition) is 16. The van der Waals surface area contributed by atoms with E-state index >= 15 is 0 Å². The summed E-state index contributed by atoms with van der Waals surface area (Å²) in [7, 11) is 2.97. The van der Waals surface area contributed by atoms with Crippen LogP contribution in [-0.4, -0.2) is 164 Å². The molecule has 0 spiro atoms. The van der Waals surface area contributed by atoms with Crippen molar-refractivity contribution in [2.24, 2.45) is 16.6 Å². The lowest BCUT2D eigenvalue weighted by molar-refractivity contribution is -0.137. The number of primary amides is 1. The molecule has 10 rings (SSSR count). The summed E-state index contributed by atoms with van der Waals surface area (Å²) in [5.41, 5.74) is 12.6. The molecular formula is C69H79N11O14. The number of unbranched alkanes of at least 4 members (excludes halogenated alkanes) is 2. The zero-order valence-electron chi connectivity index (χ0n) is 53.1. The number of aliphatic imine (C=N–C) groups is 1. The Morgan fingerprint density at radius 2 is 1.33 bits per heavy atom. The van der Waals surface area contributed by atoms with Gasteiger partial charge >= 0.3 is 12.1 Å². The molecule has 0 aromatic heterocycles. The molecule has 0 radical (unpaired) electrons. The normalized spacial score (nSPS) is 16.5. The highest BCUT2D eigenvalue weighted by molar-refractivity contribution is 6.13. The van der Waals surface area contributed by atoms with Gasteiger partial charge < -0.3 is 70.7 Å². The third kappa shape index (κ3) is 16.2. The molecule has 5 heterocycles. The van der Waals surface area contributed by atoms with E-state index in [2.05, 4.69) is 38.7 Å². The Morgan fingerprint density at radius 3 is 1.99 bits per heavy atom. The third-order valence-corrected chi connectivity index (χ3v) is 17.3. The molecule has 10 amide bonds. The van der Waals surface area contributed by atoms with Gasteiger partial charge in [-0.15, -0.1) is 0 Å². The maximum atomic E-state index is 14.3. The number of anilines is 2. The number of nitrogens with zero attached hydrogens (tertiary/aromatic N) is 5. The quantitative estimate of drug-likeness (QED) is 0.0228. The fraction of sp³-hybridized carbons (Fsp3) is 0.391. The van der Waals surface area contributed by atoms with Crippen LogP contribution in [0.25, 0.3) is 0 Å². The third-order valence-electron chi connectivity index (χ3n) is 17.3. The van der Waals surface area contributed by atoms with Crippen molar-refractivity contribution in [1.82, 2.24) is 35.6 Å². The molecule has 94 heavy (non-hydrogen) atoms. The van der Waals surface area contributed by atoms with Gasteiger partial charge in [0, 0.05) is 75.3 Å². The molecule has 25 nitrogen and oxygen atoms in total. The van der Waals surface area contributed by atoms with Crippen LogP contribution in [0.15, 0.2) is 114 Å². The largest absolute Gasteiger partial charge is 0.493 e. The van der Waals surface area contributed by atoms with Crippen molar-refractivity contribution in [3.63, 3.8) is 0 Å². The van der Waals surface area contributed by atoms with Crippen molar-refractivity contribution >= 4 is 76.8 Å². The molecule has 0 fully saturated rings. The van der Waals surface area contributed by atoms with Gasteiger partial charge in [-0.3, -0.25) is 43.5 Å². The van der Waals surface area contributed by atoms with E-state index in [0.717, 1.165) is 21.6 Å². The number of benzene rings is 5. The second-order valence-corrected chi connectivity index (χ2v) is 23.9. The summed E-state index contributed by atoms with van der Waals surface area (Å²) in [5.74, 6) is -1.71. The van der Waals surface area contributed by atoms with Gasteiger partial charge in [-0.2, -0.15) is 0 Å². The molecule has 25 heteroatoms. The van der Waals surface area contributed by atoms with Crippen LogP contribution in [-0.2, 0) is 61.2 Å². The predicted molar refractivity (Wildman–Crippen MR) is 348 cm³/mol. The van der Waals surface area contributed by atoms with Gasteiger partial charge in [-0.1, -0.05) is 80.9 Å². The molecule has 0 saturated carbocycles. The molecule has 5 aliphatic heterocycles. The number of ether oxygens (including phenoxy) is 5. The minimum absolute atomic E-state index is 0.00128. The van der Waals surface area contributed by atoms with Crippen molar-refractivity contribution in [3.05, 3.63) is 148 Å². The summed E-state index contributed by atoms with van der Waals surface area (Å²) < 4.78 is 30.1. The zero-order chi connectivity index (χ0) is 66.4. The Balaban J connectivity index is 0.786. The maximum Gasteiger partial charge on any atom is 0.410 e. The van der Waals surface area contributed by atoms with Crippen molar-refractivity contribution in [1.29, 1.82) is 0 Å². The average molecular weight is 1290 g/mol. The molecule has 0 aliphatic carbocycles.